The van der Waals surface area contributed by atoms with Gasteiger partial charge in [0.15, 0.2) is 0 Å². The number of aryl methyl sites for hydroxylation is 1. The number of benzene rings is 1. The fourth-order valence-corrected chi connectivity index (χ4v) is 3.65. The predicted octanol–water partition coefficient (Wildman–Crippen LogP) is 3.03. The van der Waals surface area contributed by atoms with Crippen molar-refractivity contribution in [2.75, 3.05) is 13.1 Å². The lowest BCUT2D eigenvalue weighted by atomic mass is 9.96. The fourth-order valence-electron chi connectivity index (χ4n) is 3.65. The maximum Gasteiger partial charge on any atom is 0.0704 e. The van der Waals surface area contributed by atoms with Crippen molar-refractivity contribution in [3.05, 3.63) is 60.0 Å². The molecule has 4 rings (SSSR count). The lowest BCUT2D eigenvalue weighted by Crippen LogP contribution is -2.22. The van der Waals surface area contributed by atoms with Crippen LogP contribution in [0.5, 0.6) is 0 Å². The minimum absolute atomic E-state index is 0.731. The van der Waals surface area contributed by atoms with Crippen LogP contribution >= 0.6 is 0 Å². The van der Waals surface area contributed by atoms with Crippen molar-refractivity contribution in [3.8, 4) is 0 Å². The van der Waals surface area contributed by atoms with Gasteiger partial charge in [-0.15, -0.1) is 0 Å². The molecule has 0 saturated carbocycles. The van der Waals surface area contributed by atoms with Gasteiger partial charge in [0.1, 0.15) is 0 Å². The third kappa shape index (κ3) is 2.99. The molecule has 23 heavy (non-hydrogen) atoms. The largest absolute Gasteiger partial charge is 0.297 e. The lowest BCUT2D eigenvalue weighted by molar-refractivity contribution is 0.307. The van der Waals surface area contributed by atoms with E-state index in [9.17, 15) is 0 Å². The van der Waals surface area contributed by atoms with Crippen LogP contribution in [0.3, 0.4) is 0 Å². The van der Waals surface area contributed by atoms with Crippen molar-refractivity contribution in [3.63, 3.8) is 0 Å². The van der Waals surface area contributed by atoms with E-state index in [-0.39, 0.29) is 0 Å². The molecule has 4 nitrogen and oxygen atoms in total. The number of hydrogen-bond acceptors (Lipinski definition) is 3. The van der Waals surface area contributed by atoms with Crippen LogP contribution in [0.1, 0.15) is 17.7 Å². The molecule has 0 bridgehead atoms. The van der Waals surface area contributed by atoms with Gasteiger partial charge < -0.3 is 0 Å². The normalized spacial score (nSPS) is 18.7. The monoisotopic (exact) mass is 306 g/mol. The number of rotatable bonds is 4. The first kappa shape index (κ1) is 14.4. The second-order valence-corrected chi connectivity index (χ2v) is 6.53. The number of fused-ring (bicyclic) bond motifs is 1. The molecule has 0 spiro atoms. The highest BCUT2D eigenvalue weighted by Gasteiger charge is 2.23. The first-order valence-corrected chi connectivity index (χ1v) is 8.31. The van der Waals surface area contributed by atoms with E-state index < -0.39 is 0 Å². The van der Waals surface area contributed by atoms with E-state index in [1.54, 1.807) is 0 Å². The third-order valence-electron chi connectivity index (χ3n) is 4.93. The van der Waals surface area contributed by atoms with Gasteiger partial charge in [-0.2, -0.15) is 5.10 Å². The molecule has 4 heteroatoms. The quantitative estimate of drug-likeness (QED) is 0.743. The van der Waals surface area contributed by atoms with Crippen molar-refractivity contribution in [1.29, 1.82) is 0 Å². The summed E-state index contributed by atoms with van der Waals surface area (Å²) in [4.78, 5) is 7.02. The molecular formula is C19H22N4. The van der Waals surface area contributed by atoms with E-state index in [4.69, 9.17) is 0 Å². The van der Waals surface area contributed by atoms with Crippen LogP contribution in [-0.2, 0) is 20.0 Å². The highest BCUT2D eigenvalue weighted by atomic mass is 15.3. The molecule has 0 unspecified atom stereocenters. The van der Waals surface area contributed by atoms with E-state index in [0.29, 0.717) is 0 Å². The zero-order valence-corrected chi connectivity index (χ0v) is 13.5. The van der Waals surface area contributed by atoms with Crippen molar-refractivity contribution in [2.24, 2.45) is 13.0 Å². The number of pyridine rings is 1. The summed E-state index contributed by atoms with van der Waals surface area (Å²) >= 11 is 0. The zero-order chi connectivity index (χ0) is 15.6. The number of aromatic nitrogens is 3. The Morgan fingerprint density at radius 3 is 2.91 bits per heavy atom. The standard InChI is InChI=1S/C19H22N4/c1-22-17(7-10-21-22)14-23-11-8-15(13-23)12-16-6-9-20-19-5-3-2-4-18(16)19/h2-7,9-10,15H,8,11-14H2,1H3/t15-/m1/s1. The molecule has 0 N–H and O–H groups in total. The summed E-state index contributed by atoms with van der Waals surface area (Å²) in [6.07, 6.45) is 6.24. The maximum absolute atomic E-state index is 4.47. The maximum atomic E-state index is 4.47. The van der Waals surface area contributed by atoms with Crippen LogP contribution in [0.15, 0.2) is 48.8 Å². The molecule has 0 amide bonds. The minimum atomic E-state index is 0.731. The first-order valence-electron chi connectivity index (χ1n) is 8.31. The van der Waals surface area contributed by atoms with E-state index in [2.05, 4.69) is 51.4 Å². The summed E-state index contributed by atoms with van der Waals surface area (Å²) in [5.41, 5.74) is 3.83. The summed E-state index contributed by atoms with van der Waals surface area (Å²) < 4.78 is 1.98. The van der Waals surface area contributed by atoms with Crippen molar-refractivity contribution in [1.82, 2.24) is 19.7 Å². The van der Waals surface area contributed by atoms with Crippen molar-refractivity contribution in [2.45, 2.75) is 19.4 Å². The Labute approximate surface area is 136 Å². The molecule has 1 fully saturated rings. The summed E-state index contributed by atoms with van der Waals surface area (Å²) in [5.74, 6) is 0.731. The highest BCUT2D eigenvalue weighted by Crippen LogP contribution is 2.25. The molecule has 118 valence electrons. The van der Waals surface area contributed by atoms with Gasteiger partial charge in [0.25, 0.3) is 0 Å². The summed E-state index contributed by atoms with van der Waals surface area (Å²) in [7, 11) is 2.02. The Balaban J connectivity index is 1.45. The van der Waals surface area contributed by atoms with Crippen LogP contribution in [-0.4, -0.2) is 32.8 Å². The van der Waals surface area contributed by atoms with Crippen molar-refractivity contribution >= 4 is 10.9 Å². The van der Waals surface area contributed by atoms with Gasteiger partial charge >= 0.3 is 0 Å². The SMILES string of the molecule is Cn1nccc1CN1CC[C@H](Cc2ccnc3ccccc23)C1. The Bertz CT molecular complexity index is 802. The van der Waals surface area contributed by atoms with Gasteiger partial charge in [0.05, 0.1) is 11.2 Å². The molecule has 1 aromatic carbocycles. The molecule has 1 saturated heterocycles. The van der Waals surface area contributed by atoms with Gasteiger partial charge in [-0.05, 0) is 49.1 Å². The highest BCUT2D eigenvalue weighted by molar-refractivity contribution is 5.81. The molecule has 3 heterocycles. The van der Waals surface area contributed by atoms with Crippen LogP contribution in [0.2, 0.25) is 0 Å². The average molecular weight is 306 g/mol. The van der Waals surface area contributed by atoms with E-state index in [1.807, 2.05) is 24.1 Å². The van der Waals surface area contributed by atoms with E-state index in [1.165, 1.54) is 36.2 Å². The third-order valence-corrected chi connectivity index (χ3v) is 4.93. The zero-order valence-electron chi connectivity index (χ0n) is 13.5. The number of para-hydroxylation sites is 1. The van der Waals surface area contributed by atoms with E-state index >= 15 is 0 Å². The Hall–Kier alpha value is -2.20. The van der Waals surface area contributed by atoms with Crippen molar-refractivity contribution < 1.29 is 0 Å². The summed E-state index contributed by atoms with van der Waals surface area (Å²) in [5, 5.41) is 5.57. The number of hydrogen-bond donors (Lipinski definition) is 0. The number of nitrogens with zero attached hydrogens (tertiary/aromatic N) is 4. The molecule has 1 atom stereocenters. The average Bonchev–Trinajstić information content (AvgIpc) is 3.18. The molecule has 2 aromatic heterocycles. The molecule has 1 aliphatic heterocycles. The smallest absolute Gasteiger partial charge is 0.0704 e. The van der Waals surface area contributed by atoms with Gasteiger partial charge in [0.2, 0.25) is 0 Å². The van der Waals surface area contributed by atoms with Crippen LogP contribution in [0, 0.1) is 5.92 Å². The Morgan fingerprint density at radius 2 is 2.04 bits per heavy atom. The summed E-state index contributed by atoms with van der Waals surface area (Å²) in [6, 6.07) is 12.8. The predicted molar refractivity (Wildman–Crippen MR) is 92.0 cm³/mol. The summed E-state index contributed by atoms with van der Waals surface area (Å²) in [6.45, 7) is 3.35. The first-order chi connectivity index (χ1) is 11.3. The van der Waals surface area contributed by atoms with Gasteiger partial charge in [-0.3, -0.25) is 14.6 Å². The molecule has 0 radical (unpaired) electrons. The molecule has 1 aliphatic rings. The Morgan fingerprint density at radius 1 is 1.13 bits per heavy atom. The number of likely N-dealkylation sites (tertiary alicyclic amines) is 1. The van der Waals surface area contributed by atoms with Gasteiger partial charge in [-0.25, -0.2) is 0 Å². The Kier molecular flexibility index (Phi) is 3.83. The van der Waals surface area contributed by atoms with Crippen LogP contribution < -0.4 is 0 Å². The van der Waals surface area contributed by atoms with Crippen LogP contribution in [0.4, 0.5) is 0 Å². The van der Waals surface area contributed by atoms with E-state index in [0.717, 1.165) is 24.4 Å². The lowest BCUT2D eigenvalue weighted by Gasteiger charge is -2.16. The second kappa shape index (κ2) is 6.13. The molecular weight excluding hydrogens is 284 g/mol. The van der Waals surface area contributed by atoms with Gasteiger partial charge in [0, 0.05) is 37.9 Å². The topological polar surface area (TPSA) is 34.0 Å². The molecule has 0 aliphatic carbocycles. The minimum Gasteiger partial charge on any atom is -0.297 e. The van der Waals surface area contributed by atoms with Gasteiger partial charge in [-0.1, -0.05) is 18.2 Å². The van der Waals surface area contributed by atoms with Crippen LogP contribution in [0.25, 0.3) is 10.9 Å². The fraction of sp³-hybridized carbons (Fsp3) is 0.368. The second-order valence-electron chi connectivity index (χ2n) is 6.53. The molecule has 3 aromatic rings.